The molecule has 7 nitrogen and oxygen atoms in total. The first kappa shape index (κ1) is 25.4. The number of nitrogens with zero attached hydrogens (tertiary/aromatic N) is 3. The van der Waals surface area contributed by atoms with E-state index in [1.54, 1.807) is 9.58 Å². The Kier molecular flexibility index (Phi) is 7.95. The Labute approximate surface area is 209 Å². The summed E-state index contributed by atoms with van der Waals surface area (Å²) in [6.45, 7) is 10.2. The second-order valence-electron chi connectivity index (χ2n) is 10.4. The Morgan fingerprint density at radius 1 is 1.20 bits per heavy atom. The number of hydrogen-bond donors (Lipinski definition) is 1. The molecule has 1 aromatic heterocycles. The summed E-state index contributed by atoms with van der Waals surface area (Å²) < 4.78 is 7.24. The zero-order chi connectivity index (χ0) is 25.0. The SMILES string of the molecule is CCOCCCN1C(=O)c2cc(-c3ccc(C(C)C)cc3)nn2CC1(C)C(=O)NC1CCCCC1. The highest BCUT2D eigenvalue weighted by molar-refractivity contribution is 6.00. The highest BCUT2D eigenvalue weighted by Gasteiger charge is 2.48. The summed E-state index contributed by atoms with van der Waals surface area (Å²) in [7, 11) is 0. The van der Waals surface area contributed by atoms with E-state index in [2.05, 4.69) is 43.4 Å². The van der Waals surface area contributed by atoms with Gasteiger partial charge in [-0.15, -0.1) is 0 Å². The molecular formula is C28H40N4O3. The van der Waals surface area contributed by atoms with Crippen LogP contribution in [0.25, 0.3) is 11.3 Å². The van der Waals surface area contributed by atoms with Gasteiger partial charge in [0, 0.05) is 31.4 Å². The van der Waals surface area contributed by atoms with Crippen LogP contribution in [0.4, 0.5) is 0 Å². The van der Waals surface area contributed by atoms with E-state index in [9.17, 15) is 9.59 Å². The average Bonchev–Trinajstić information content (AvgIpc) is 3.28. The normalized spacial score (nSPS) is 20.8. The predicted octanol–water partition coefficient (Wildman–Crippen LogP) is 4.76. The minimum Gasteiger partial charge on any atom is -0.382 e. The van der Waals surface area contributed by atoms with Crippen LogP contribution in [0.2, 0.25) is 0 Å². The minimum atomic E-state index is -1.00. The lowest BCUT2D eigenvalue weighted by Crippen LogP contribution is -2.65. The fourth-order valence-electron chi connectivity index (χ4n) is 5.23. The third-order valence-electron chi connectivity index (χ3n) is 7.47. The third kappa shape index (κ3) is 5.45. The highest BCUT2D eigenvalue weighted by Crippen LogP contribution is 2.31. The Morgan fingerprint density at radius 2 is 1.91 bits per heavy atom. The summed E-state index contributed by atoms with van der Waals surface area (Å²) in [5, 5.41) is 8.04. The highest BCUT2D eigenvalue weighted by atomic mass is 16.5. The first-order chi connectivity index (χ1) is 16.8. The molecule has 7 heteroatoms. The van der Waals surface area contributed by atoms with Crippen LogP contribution >= 0.6 is 0 Å². The number of ether oxygens (including phenoxy) is 1. The van der Waals surface area contributed by atoms with Gasteiger partial charge in [0.15, 0.2) is 0 Å². The average molecular weight is 481 g/mol. The van der Waals surface area contributed by atoms with Crippen LogP contribution in [-0.2, 0) is 16.1 Å². The van der Waals surface area contributed by atoms with Crippen LogP contribution in [-0.4, -0.2) is 57.8 Å². The maximum absolute atomic E-state index is 13.7. The molecule has 0 radical (unpaired) electrons. The van der Waals surface area contributed by atoms with Gasteiger partial charge >= 0.3 is 0 Å². The molecule has 35 heavy (non-hydrogen) atoms. The molecule has 1 aromatic carbocycles. The summed E-state index contributed by atoms with van der Waals surface area (Å²) in [5.41, 5.74) is 2.53. The van der Waals surface area contributed by atoms with Gasteiger partial charge in [0.2, 0.25) is 5.91 Å². The van der Waals surface area contributed by atoms with E-state index in [4.69, 9.17) is 9.84 Å². The Hall–Kier alpha value is -2.67. The van der Waals surface area contributed by atoms with Gasteiger partial charge in [-0.1, -0.05) is 57.4 Å². The van der Waals surface area contributed by atoms with E-state index in [-0.39, 0.29) is 17.9 Å². The molecule has 1 atom stereocenters. The molecule has 4 rings (SSSR count). The van der Waals surface area contributed by atoms with Gasteiger partial charge < -0.3 is 15.0 Å². The molecule has 1 fully saturated rings. The van der Waals surface area contributed by atoms with Crippen molar-refractivity contribution in [2.75, 3.05) is 19.8 Å². The van der Waals surface area contributed by atoms with E-state index in [1.807, 2.05) is 19.9 Å². The molecule has 2 aromatic rings. The summed E-state index contributed by atoms with van der Waals surface area (Å²) in [4.78, 5) is 29.1. The van der Waals surface area contributed by atoms with Gasteiger partial charge in [-0.05, 0) is 50.7 Å². The van der Waals surface area contributed by atoms with Gasteiger partial charge in [0.25, 0.3) is 5.91 Å². The summed E-state index contributed by atoms with van der Waals surface area (Å²) in [5.74, 6) is 0.221. The molecule has 2 aliphatic rings. The van der Waals surface area contributed by atoms with Crippen molar-refractivity contribution in [1.29, 1.82) is 0 Å². The second kappa shape index (κ2) is 10.9. The van der Waals surface area contributed by atoms with Gasteiger partial charge in [-0.3, -0.25) is 14.3 Å². The van der Waals surface area contributed by atoms with Crippen LogP contribution in [0.15, 0.2) is 30.3 Å². The van der Waals surface area contributed by atoms with Crippen LogP contribution in [0.5, 0.6) is 0 Å². The number of hydrogen-bond acceptors (Lipinski definition) is 4. The topological polar surface area (TPSA) is 76.5 Å². The van der Waals surface area contributed by atoms with Gasteiger partial charge in [-0.25, -0.2) is 0 Å². The third-order valence-corrected chi connectivity index (χ3v) is 7.47. The molecule has 190 valence electrons. The first-order valence-electron chi connectivity index (χ1n) is 13.2. The van der Waals surface area contributed by atoms with E-state index in [0.29, 0.717) is 44.3 Å². The molecule has 1 unspecified atom stereocenters. The van der Waals surface area contributed by atoms with Crippen molar-refractivity contribution in [3.8, 4) is 11.3 Å². The minimum absolute atomic E-state index is 0.0850. The number of carbonyl (C=O) groups excluding carboxylic acids is 2. The van der Waals surface area contributed by atoms with Gasteiger partial charge in [0.1, 0.15) is 11.2 Å². The molecule has 1 aliphatic carbocycles. The van der Waals surface area contributed by atoms with E-state index < -0.39 is 5.54 Å². The second-order valence-corrected chi connectivity index (χ2v) is 10.4. The lowest BCUT2D eigenvalue weighted by atomic mass is 9.91. The number of amides is 2. The van der Waals surface area contributed by atoms with Crippen molar-refractivity contribution in [3.05, 3.63) is 41.6 Å². The van der Waals surface area contributed by atoms with Crippen molar-refractivity contribution >= 4 is 11.8 Å². The summed E-state index contributed by atoms with van der Waals surface area (Å²) in [6, 6.07) is 10.4. The number of aromatic nitrogens is 2. The van der Waals surface area contributed by atoms with Crippen LogP contribution in [0.1, 0.15) is 88.2 Å². The van der Waals surface area contributed by atoms with E-state index in [1.165, 1.54) is 12.0 Å². The van der Waals surface area contributed by atoms with Crippen molar-refractivity contribution in [2.45, 2.75) is 90.3 Å². The van der Waals surface area contributed by atoms with E-state index >= 15 is 0 Å². The smallest absolute Gasteiger partial charge is 0.273 e. The number of fused-ring (bicyclic) bond motifs is 1. The van der Waals surface area contributed by atoms with E-state index in [0.717, 1.165) is 36.9 Å². The molecule has 0 spiro atoms. The molecule has 2 amide bonds. The fourth-order valence-corrected chi connectivity index (χ4v) is 5.23. The van der Waals surface area contributed by atoms with Gasteiger partial charge in [-0.2, -0.15) is 5.10 Å². The zero-order valence-electron chi connectivity index (χ0n) is 21.7. The molecule has 0 bridgehead atoms. The lowest BCUT2D eigenvalue weighted by molar-refractivity contribution is -0.134. The predicted molar refractivity (Wildman–Crippen MR) is 137 cm³/mol. The quantitative estimate of drug-likeness (QED) is 0.525. The van der Waals surface area contributed by atoms with Crippen molar-refractivity contribution in [2.24, 2.45) is 0 Å². The Balaban J connectivity index is 1.61. The summed E-state index contributed by atoms with van der Waals surface area (Å²) in [6.07, 6.45) is 6.20. The lowest BCUT2D eigenvalue weighted by Gasteiger charge is -2.44. The first-order valence-corrected chi connectivity index (χ1v) is 13.2. The van der Waals surface area contributed by atoms with Crippen LogP contribution in [0, 0.1) is 0 Å². The molecular weight excluding hydrogens is 440 g/mol. The molecule has 2 heterocycles. The zero-order valence-corrected chi connectivity index (χ0v) is 21.7. The van der Waals surface area contributed by atoms with Gasteiger partial charge in [0.05, 0.1) is 12.2 Å². The number of nitrogens with one attached hydrogen (secondary N) is 1. The maximum atomic E-state index is 13.7. The summed E-state index contributed by atoms with van der Waals surface area (Å²) >= 11 is 0. The Morgan fingerprint density at radius 3 is 2.57 bits per heavy atom. The monoisotopic (exact) mass is 480 g/mol. The standard InChI is InChI=1S/C28H40N4O3/c1-5-35-17-9-16-31-26(33)25-18-24(22-14-12-21(13-15-22)20(2)3)30-32(25)19-28(31,4)27(34)29-23-10-7-6-8-11-23/h12-15,18,20,23H,5-11,16-17,19H2,1-4H3,(H,29,34). The number of rotatable bonds is 9. The Bertz CT molecular complexity index is 1020. The van der Waals surface area contributed by atoms with Crippen LogP contribution < -0.4 is 5.32 Å². The van der Waals surface area contributed by atoms with Crippen molar-refractivity contribution in [1.82, 2.24) is 20.0 Å². The van der Waals surface area contributed by atoms with Crippen molar-refractivity contribution < 1.29 is 14.3 Å². The molecule has 1 N–H and O–H groups in total. The van der Waals surface area contributed by atoms with Crippen LogP contribution in [0.3, 0.4) is 0 Å². The maximum Gasteiger partial charge on any atom is 0.273 e. The molecule has 0 saturated heterocycles. The molecule has 1 saturated carbocycles. The van der Waals surface area contributed by atoms with Crippen molar-refractivity contribution in [3.63, 3.8) is 0 Å². The largest absolute Gasteiger partial charge is 0.382 e. The molecule has 1 aliphatic heterocycles. The number of benzene rings is 1. The fraction of sp³-hybridized carbons (Fsp3) is 0.607. The number of carbonyl (C=O) groups is 2.